The molecular formula is C14H21F2NO4. The van der Waals surface area contributed by atoms with Crippen LogP contribution in [0.4, 0.5) is 8.78 Å². The van der Waals surface area contributed by atoms with E-state index in [0.717, 1.165) is 0 Å². The van der Waals surface area contributed by atoms with E-state index in [1.54, 1.807) is 0 Å². The highest BCUT2D eigenvalue weighted by Gasteiger charge is 2.41. The van der Waals surface area contributed by atoms with Gasteiger partial charge in [0.1, 0.15) is 0 Å². The molecule has 0 unspecified atom stereocenters. The van der Waals surface area contributed by atoms with E-state index < -0.39 is 17.5 Å². The van der Waals surface area contributed by atoms with Crippen LogP contribution in [0.3, 0.4) is 0 Å². The largest absolute Gasteiger partial charge is 0.479 e. The molecule has 1 saturated carbocycles. The minimum absolute atomic E-state index is 0.0107. The van der Waals surface area contributed by atoms with Crippen molar-refractivity contribution in [1.82, 2.24) is 4.90 Å². The molecule has 0 aromatic heterocycles. The Balaban J connectivity index is 1.79. The molecule has 2 rings (SSSR count). The van der Waals surface area contributed by atoms with Crippen LogP contribution in [0, 0.1) is 5.92 Å². The van der Waals surface area contributed by atoms with Gasteiger partial charge in [-0.1, -0.05) is 0 Å². The number of aliphatic carboxylic acids is 1. The van der Waals surface area contributed by atoms with Gasteiger partial charge in [0.15, 0.2) is 5.60 Å². The average molecular weight is 305 g/mol. The third-order valence-electron chi connectivity index (χ3n) is 4.64. The number of carboxylic acid groups (broad SMARTS) is 1. The van der Waals surface area contributed by atoms with Gasteiger partial charge in [0.2, 0.25) is 11.8 Å². The van der Waals surface area contributed by atoms with Gasteiger partial charge in [-0.15, -0.1) is 0 Å². The molecule has 21 heavy (non-hydrogen) atoms. The van der Waals surface area contributed by atoms with Crippen molar-refractivity contribution in [1.29, 1.82) is 0 Å². The minimum Gasteiger partial charge on any atom is -0.479 e. The maximum Gasteiger partial charge on any atom is 0.335 e. The van der Waals surface area contributed by atoms with Crippen LogP contribution in [0.1, 0.15) is 44.9 Å². The van der Waals surface area contributed by atoms with Crippen LogP contribution >= 0.6 is 0 Å². The number of aliphatic hydroxyl groups is 1. The fraction of sp³-hybridized carbons (Fsp3) is 0.857. The first-order valence-corrected chi connectivity index (χ1v) is 7.33. The number of amides is 1. The summed E-state index contributed by atoms with van der Waals surface area (Å²) in [5, 5.41) is 18.7. The molecule has 0 radical (unpaired) electrons. The summed E-state index contributed by atoms with van der Waals surface area (Å²) < 4.78 is 26.1. The predicted octanol–water partition coefficient (Wildman–Crippen LogP) is 1.64. The molecule has 1 heterocycles. The molecule has 1 saturated heterocycles. The standard InChI is InChI=1S/C14H21F2NO4/c15-14(16)3-1-10(2-4-14)9-11(18)17-7-5-13(21,6-8-17)12(19)20/h10,21H,1-9H2,(H,19,20). The second-order valence-electron chi connectivity index (χ2n) is 6.22. The fourth-order valence-electron chi connectivity index (χ4n) is 3.02. The van der Waals surface area contributed by atoms with Gasteiger partial charge < -0.3 is 15.1 Å². The van der Waals surface area contributed by atoms with Crippen molar-refractivity contribution >= 4 is 11.9 Å². The molecule has 2 fully saturated rings. The molecule has 0 bridgehead atoms. The summed E-state index contributed by atoms with van der Waals surface area (Å²) in [6, 6.07) is 0. The van der Waals surface area contributed by atoms with Crippen LogP contribution in [-0.4, -0.2) is 51.6 Å². The number of piperidine rings is 1. The molecule has 0 spiro atoms. The molecule has 0 aromatic rings. The number of likely N-dealkylation sites (tertiary alicyclic amines) is 1. The quantitative estimate of drug-likeness (QED) is 0.831. The van der Waals surface area contributed by atoms with Gasteiger partial charge in [0, 0.05) is 45.2 Å². The van der Waals surface area contributed by atoms with Gasteiger partial charge in [-0.3, -0.25) is 4.79 Å². The Morgan fingerprint density at radius 1 is 1.10 bits per heavy atom. The molecule has 1 aliphatic heterocycles. The highest BCUT2D eigenvalue weighted by atomic mass is 19.3. The third-order valence-corrected chi connectivity index (χ3v) is 4.64. The number of rotatable bonds is 3. The van der Waals surface area contributed by atoms with E-state index in [9.17, 15) is 23.5 Å². The molecule has 0 atom stereocenters. The first kappa shape index (κ1) is 16.1. The highest BCUT2D eigenvalue weighted by molar-refractivity contribution is 5.79. The normalized spacial score (nSPS) is 25.6. The average Bonchev–Trinajstić information content (AvgIpc) is 2.42. The Hall–Kier alpha value is -1.24. The molecule has 5 nitrogen and oxygen atoms in total. The van der Waals surface area contributed by atoms with Crippen LogP contribution in [0.2, 0.25) is 0 Å². The molecule has 1 amide bonds. The Kier molecular flexibility index (Phi) is 4.51. The summed E-state index contributed by atoms with van der Waals surface area (Å²) in [7, 11) is 0. The minimum atomic E-state index is -2.59. The lowest BCUT2D eigenvalue weighted by molar-refractivity contribution is -0.165. The van der Waals surface area contributed by atoms with Gasteiger partial charge >= 0.3 is 5.97 Å². The van der Waals surface area contributed by atoms with Crippen molar-refractivity contribution in [3.8, 4) is 0 Å². The second kappa shape index (κ2) is 5.87. The van der Waals surface area contributed by atoms with Crippen molar-refractivity contribution < 1.29 is 28.6 Å². The molecule has 2 aliphatic rings. The van der Waals surface area contributed by atoms with E-state index in [1.807, 2.05) is 0 Å². The number of carbonyl (C=O) groups is 2. The maximum absolute atomic E-state index is 13.1. The number of hydrogen-bond acceptors (Lipinski definition) is 3. The van der Waals surface area contributed by atoms with Crippen molar-refractivity contribution in [3.05, 3.63) is 0 Å². The van der Waals surface area contributed by atoms with Gasteiger partial charge in [0.05, 0.1) is 0 Å². The van der Waals surface area contributed by atoms with E-state index in [4.69, 9.17) is 5.11 Å². The zero-order valence-corrected chi connectivity index (χ0v) is 11.9. The molecule has 120 valence electrons. The molecule has 1 aliphatic carbocycles. The number of halogens is 2. The van der Waals surface area contributed by atoms with Crippen molar-refractivity contribution in [2.75, 3.05) is 13.1 Å². The highest BCUT2D eigenvalue weighted by Crippen LogP contribution is 2.37. The maximum atomic E-state index is 13.1. The third kappa shape index (κ3) is 3.90. The monoisotopic (exact) mass is 305 g/mol. The second-order valence-corrected chi connectivity index (χ2v) is 6.22. The van der Waals surface area contributed by atoms with Crippen LogP contribution in [0.25, 0.3) is 0 Å². The topological polar surface area (TPSA) is 77.8 Å². The van der Waals surface area contributed by atoms with Crippen molar-refractivity contribution in [3.63, 3.8) is 0 Å². The van der Waals surface area contributed by atoms with E-state index >= 15 is 0 Å². The zero-order chi connectivity index (χ0) is 15.7. The molecule has 7 heteroatoms. The zero-order valence-electron chi connectivity index (χ0n) is 11.9. The first-order chi connectivity index (χ1) is 9.72. The van der Waals surface area contributed by atoms with Crippen LogP contribution in [0.15, 0.2) is 0 Å². The number of carboxylic acids is 1. The fourth-order valence-corrected chi connectivity index (χ4v) is 3.02. The summed E-state index contributed by atoms with van der Waals surface area (Å²) in [5.41, 5.74) is -1.75. The Labute approximate surface area is 121 Å². The summed E-state index contributed by atoms with van der Waals surface area (Å²) >= 11 is 0. The lowest BCUT2D eigenvalue weighted by Gasteiger charge is -2.36. The smallest absolute Gasteiger partial charge is 0.335 e. The van der Waals surface area contributed by atoms with E-state index in [2.05, 4.69) is 0 Å². The summed E-state index contributed by atoms with van der Waals surface area (Å²) in [6.07, 6.45) is 0.639. The first-order valence-electron chi connectivity index (χ1n) is 7.33. The summed E-state index contributed by atoms with van der Waals surface area (Å²) in [6.45, 7) is 0.398. The summed E-state index contributed by atoms with van der Waals surface area (Å²) in [4.78, 5) is 24.6. The SMILES string of the molecule is O=C(CC1CCC(F)(F)CC1)N1CCC(O)(C(=O)O)CC1. The van der Waals surface area contributed by atoms with Crippen LogP contribution in [0.5, 0.6) is 0 Å². The predicted molar refractivity (Wildman–Crippen MR) is 69.9 cm³/mol. The van der Waals surface area contributed by atoms with E-state index in [1.165, 1.54) is 4.90 Å². The molecule has 2 N–H and O–H groups in total. The van der Waals surface area contributed by atoms with E-state index in [-0.39, 0.29) is 57.0 Å². The van der Waals surface area contributed by atoms with Gasteiger partial charge in [-0.25, -0.2) is 13.6 Å². The number of carbonyl (C=O) groups excluding carboxylic acids is 1. The van der Waals surface area contributed by atoms with Crippen LogP contribution in [-0.2, 0) is 9.59 Å². The van der Waals surface area contributed by atoms with Crippen molar-refractivity contribution in [2.45, 2.75) is 56.5 Å². The van der Waals surface area contributed by atoms with Gasteiger partial charge in [-0.2, -0.15) is 0 Å². The lowest BCUT2D eigenvalue weighted by Crippen LogP contribution is -2.51. The van der Waals surface area contributed by atoms with E-state index in [0.29, 0.717) is 12.8 Å². The number of alkyl halides is 2. The number of hydrogen-bond donors (Lipinski definition) is 2. The Morgan fingerprint density at radius 2 is 1.62 bits per heavy atom. The molecular weight excluding hydrogens is 284 g/mol. The number of nitrogens with zero attached hydrogens (tertiary/aromatic N) is 1. The summed E-state index contributed by atoms with van der Waals surface area (Å²) in [5.74, 6) is -4.00. The van der Waals surface area contributed by atoms with Gasteiger partial charge in [-0.05, 0) is 18.8 Å². The van der Waals surface area contributed by atoms with Gasteiger partial charge in [0.25, 0.3) is 0 Å². The molecule has 0 aromatic carbocycles. The Bertz CT molecular complexity index is 409. The lowest BCUT2D eigenvalue weighted by atomic mass is 9.84. The Morgan fingerprint density at radius 3 is 2.10 bits per heavy atom. The van der Waals surface area contributed by atoms with Crippen molar-refractivity contribution in [2.24, 2.45) is 5.92 Å². The van der Waals surface area contributed by atoms with Crippen LogP contribution < -0.4 is 0 Å².